The molecule has 2 aliphatic heterocycles. The van der Waals surface area contributed by atoms with Gasteiger partial charge in [0.1, 0.15) is 6.54 Å². The van der Waals surface area contributed by atoms with Crippen LogP contribution in [0.5, 0.6) is 0 Å². The van der Waals surface area contributed by atoms with Crippen molar-refractivity contribution in [3.05, 3.63) is 17.0 Å². The van der Waals surface area contributed by atoms with Crippen molar-refractivity contribution in [2.24, 2.45) is 0 Å². The molecule has 1 aromatic heterocycles. The van der Waals surface area contributed by atoms with Gasteiger partial charge in [0.15, 0.2) is 5.69 Å². The highest BCUT2D eigenvalue weighted by Crippen LogP contribution is 2.28. The number of hydrogen-bond donors (Lipinski definition) is 3. The van der Waals surface area contributed by atoms with Crippen molar-refractivity contribution in [1.82, 2.24) is 25.7 Å². The summed E-state index contributed by atoms with van der Waals surface area (Å²) < 4.78 is 0. The number of hydrogen-bond acceptors (Lipinski definition) is 4. The summed E-state index contributed by atoms with van der Waals surface area (Å²) in [5.74, 6) is -0.160. The Morgan fingerprint density at radius 3 is 2.96 bits per heavy atom. The van der Waals surface area contributed by atoms with Gasteiger partial charge in [0.05, 0.1) is 6.04 Å². The van der Waals surface area contributed by atoms with Gasteiger partial charge in [0, 0.05) is 36.8 Å². The van der Waals surface area contributed by atoms with Crippen LogP contribution in [0.2, 0.25) is 0 Å². The van der Waals surface area contributed by atoms with Crippen molar-refractivity contribution < 1.29 is 9.59 Å². The van der Waals surface area contributed by atoms with E-state index in [0.29, 0.717) is 12.2 Å². The molecule has 0 bridgehead atoms. The highest BCUT2D eigenvalue weighted by Gasteiger charge is 2.40. The Balaban J connectivity index is 0.00000156. The van der Waals surface area contributed by atoms with Gasteiger partial charge in [-0.3, -0.25) is 14.7 Å². The van der Waals surface area contributed by atoms with Crippen LogP contribution < -0.4 is 10.6 Å². The summed E-state index contributed by atoms with van der Waals surface area (Å²) in [4.78, 5) is 26.7. The van der Waals surface area contributed by atoms with E-state index < -0.39 is 0 Å². The van der Waals surface area contributed by atoms with E-state index in [0.717, 1.165) is 49.9 Å². The maximum Gasteiger partial charge on any atom is 0.275 e. The van der Waals surface area contributed by atoms with E-state index in [2.05, 4.69) is 20.8 Å². The third-order valence-electron chi connectivity index (χ3n) is 5.06. The molecule has 1 saturated carbocycles. The fourth-order valence-electron chi connectivity index (χ4n) is 3.94. The second-order valence-electron chi connectivity index (χ2n) is 6.41. The summed E-state index contributed by atoms with van der Waals surface area (Å²) in [5.41, 5.74) is 2.50. The highest BCUT2D eigenvalue weighted by molar-refractivity contribution is 5.97. The molecule has 2 fully saturated rings. The number of carbonyl (C=O) groups is 2. The lowest BCUT2D eigenvalue weighted by molar-refractivity contribution is -0.127. The molecule has 3 aliphatic rings. The molecular formula is C15H22ClN5O2. The fourth-order valence-corrected chi connectivity index (χ4v) is 3.94. The Hall–Kier alpha value is -1.60. The van der Waals surface area contributed by atoms with Gasteiger partial charge in [-0.15, -0.1) is 12.4 Å². The first-order chi connectivity index (χ1) is 10.7. The molecule has 0 spiro atoms. The van der Waals surface area contributed by atoms with Crippen LogP contribution in [-0.2, 0) is 17.8 Å². The smallest absolute Gasteiger partial charge is 0.275 e. The average Bonchev–Trinajstić information content (AvgIpc) is 2.97. The molecule has 2 unspecified atom stereocenters. The maximum atomic E-state index is 13.0. The Kier molecular flexibility index (Phi) is 4.59. The SMILES string of the molecule is Cl.O=C1CN(C(=O)c2n[nH]c3c2CNCC3)C2CCCCC2N1. The Labute approximate surface area is 141 Å². The summed E-state index contributed by atoms with van der Waals surface area (Å²) in [7, 11) is 0. The number of nitrogens with one attached hydrogen (secondary N) is 3. The van der Waals surface area contributed by atoms with Gasteiger partial charge in [-0.25, -0.2) is 0 Å². The van der Waals surface area contributed by atoms with E-state index >= 15 is 0 Å². The fraction of sp³-hybridized carbons (Fsp3) is 0.667. The third-order valence-corrected chi connectivity index (χ3v) is 5.06. The van der Waals surface area contributed by atoms with Crippen molar-refractivity contribution in [2.75, 3.05) is 13.1 Å². The second-order valence-corrected chi connectivity index (χ2v) is 6.41. The van der Waals surface area contributed by atoms with E-state index in [-0.39, 0.29) is 42.8 Å². The molecule has 2 atom stereocenters. The Morgan fingerprint density at radius 2 is 2.09 bits per heavy atom. The number of H-pyrrole nitrogens is 1. The van der Waals surface area contributed by atoms with Gasteiger partial charge in [-0.05, 0) is 12.8 Å². The predicted octanol–water partition coefficient (Wildman–Crippen LogP) is 0.360. The molecule has 0 radical (unpaired) electrons. The highest BCUT2D eigenvalue weighted by atomic mass is 35.5. The summed E-state index contributed by atoms with van der Waals surface area (Å²) in [6.45, 7) is 1.72. The summed E-state index contributed by atoms with van der Waals surface area (Å²) in [5, 5.41) is 13.6. The Morgan fingerprint density at radius 1 is 1.26 bits per heavy atom. The number of amides is 2. The lowest BCUT2D eigenvalue weighted by Gasteiger charge is -2.43. The molecule has 1 aliphatic carbocycles. The van der Waals surface area contributed by atoms with Crippen LogP contribution in [0.3, 0.4) is 0 Å². The standard InChI is InChI=1S/C15H21N5O2.ClH/c21-13-8-20(12-4-2-1-3-11(12)17-13)15(22)14-9-7-16-6-5-10(9)18-19-14;/h11-12,16H,1-8H2,(H,17,21)(H,18,19);1H. The molecule has 4 rings (SSSR count). The monoisotopic (exact) mass is 339 g/mol. The summed E-state index contributed by atoms with van der Waals surface area (Å²) in [6, 6.07) is 0.217. The second kappa shape index (κ2) is 6.49. The number of fused-ring (bicyclic) bond motifs is 2. The minimum Gasteiger partial charge on any atom is -0.350 e. The van der Waals surface area contributed by atoms with Crippen LogP contribution in [0.15, 0.2) is 0 Å². The first kappa shape index (κ1) is 16.3. The molecule has 126 valence electrons. The molecule has 23 heavy (non-hydrogen) atoms. The molecule has 1 saturated heterocycles. The van der Waals surface area contributed by atoms with Crippen molar-refractivity contribution in [2.45, 2.75) is 50.7 Å². The van der Waals surface area contributed by atoms with Crippen molar-refractivity contribution in [1.29, 1.82) is 0 Å². The molecule has 7 nitrogen and oxygen atoms in total. The van der Waals surface area contributed by atoms with Crippen LogP contribution in [0.25, 0.3) is 0 Å². The quantitative estimate of drug-likeness (QED) is 0.689. The van der Waals surface area contributed by atoms with Crippen LogP contribution in [0.1, 0.15) is 47.4 Å². The zero-order valence-corrected chi connectivity index (χ0v) is 13.7. The number of carbonyl (C=O) groups excluding carboxylic acids is 2. The average molecular weight is 340 g/mol. The van der Waals surface area contributed by atoms with Crippen LogP contribution in [-0.4, -0.2) is 52.1 Å². The van der Waals surface area contributed by atoms with Gasteiger partial charge in [-0.1, -0.05) is 12.8 Å². The molecule has 3 heterocycles. The molecular weight excluding hydrogens is 318 g/mol. The van der Waals surface area contributed by atoms with Gasteiger partial charge in [-0.2, -0.15) is 5.10 Å². The maximum absolute atomic E-state index is 13.0. The van der Waals surface area contributed by atoms with Crippen LogP contribution in [0, 0.1) is 0 Å². The lowest BCUT2D eigenvalue weighted by atomic mass is 9.87. The number of nitrogens with zero attached hydrogens (tertiary/aromatic N) is 2. The number of aromatic amines is 1. The van der Waals surface area contributed by atoms with Crippen molar-refractivity contribution in [3.8, 4) is 0 Å². The van der Waals surface area contributed by atoms with Gasteiger partial charge in [0.25, 0.3) is 5.91 Å². The summed E-state index contributed by atoms with van der Waals surface area (Å²) >= 11 is 0. The molecule has 8 heteroatoms. The minimum absolute atomic E-state index is 0. The van der Waals surface area contributed by atoms with Gasteiger partial charge < -0.3 is 15.5 Å². The largest absolute Gasteiger partial charge is 0.350 e. The zero-order chi connectivity index (χ0) is 15.1. The van der Waals surface area contributed by atoms with Gasteiger partial charge in [0.2, 0.25) is 5.91 Å². The van der Waals surface area contributed by atoms with Crippen molar-refractivity contribution in [3.63, 3.8) is 0 Å². The zero-order valence-electron chi connectivity index (χ0n) is 12.9. The molecule has 3 N–H and O–H groups in total. The van der Waals surface area contributed by atoms with Gasteiger partial charge >= 0.3 is 0 Å². The summed E-state index contributed by atoms with van der Waals surface area (Å²) in [6.07, 6.45) is 5.01. The predicted molar refractivity (Wildman–Crippen MR) is 86.5 cm³/mol. The number of piperazine rings is 1. The molecule has 1 aromatic rings. The van der Waals surface area contributed by atoms with Crippen molar-refractivity contribution >= 4 is 24.2 Å². The van der Waals surface area contributed by atoms with E-state index in [1.807, 2.05) is 0 Å². The van der Waals surface area contributed by atoms with E-state index in [9.17, 15) is 9.59 Å². The van der Waals surface area contributed by atoms with Crippen LogP contribution in [0.4, 0.5) is 0 Å². The lowest BCUT2D eigenvalue weighted by Crippen LogP contribution is -2.63. The Bertz CT molecular complexity index is 617. The first-order valence-electron chi connectivity index (χ1n) is 8.11. The van der Waals surface area contributed by atoms with Crippen LogP contribution >= 0.6 is 12.4 Å². The topological polar surface area (TPSA) is 90.1 Å². The third kappa shape index (κ3) is 2.83. The normalized spacial score (nSPS) is 26.6. The minimum atomic E-state index is -0.104. The molecule has 0 aromatic carbocycles. The number of aromatic nitrogens is 2. The van der Waals surface area contributed by atoms with E-state index in [1.54, 1.807) is 4.90 Å². The van der Waals surface area contributed by atoms with E-state index in [4.69, 9.17) is 0 Å². The first-order valence-corrected chi connectivity index (χ1v) is 8.11. The number of halogens is 1. The van der Waals surface area contributed by atoms with E-state index in [1.165, 1.54) is 0 Å². The number of rotatable bonds is 1. The molecule has 2 amide bonds.